The number of hydrogen-bond donors (Lipinski definition) is 1. The van der Waals surface area contributed by atoms with Crippen LogP contribution in [0.3, 0.4) is 0 Å². The summed E-state index contributed by atoms with van der Waals surface area (Å²) in [6.07, 6.45) is 6.43. The van der Waals surface area contributed by atoms with Crippen LogP contribution in [0.25, 0.3) is 0 Å². The molecule has 0 aromatic heterocycles. The Morgan fingerprint density at radius 2 is 2.13 bits per heavy atom. The SMILES string of the molecule is CCC1CCCCC1OCC(C)(N)C#N. The van der Waals surface area contributed by atoms with Gasteiger partial charge in [-0.2, -0.15) is 5.26 Å². The topological polar surface area (TPSA) is 59.0 Å². The van der Waals surface area contributed by atoms with Crippen LogP contribution in [-0.4, -0.2) is 18.2 Å². The second-order valence-corrected chi connectivity index (χ2v) is 4.83. The van der Waals surface area contributed by atoms with E-state index in [1.54, 1.807) is 6.92 Å². The minimum Gasteiger partial charge on any atom is -0.375 e. The third-order valence-corrected chi connectivity index (χ3v) is 3.22. The van der Waals surface area contributed by atoms with Gasteiger partial charge in [0.1, 0.15) is 5.54 Å². The van der Waals surface area contributed by atoms with Crippen molar-refractivity contribution in [3.8, 4) is 6.07 Å². The molecular formula is C12H22N2O. The lowest BCUT2D eigenvalue weighted by Gasteiger charge is -2.32. The monoisotopic (exact) mass is 210 g/mol. The molecule has 0 spiro atoms. The van der Waals surface area contributed by atoms with Crippen LogP contribution in [0.15, 0.2) is 0 Å². The molecule has 86 valence electrons. The molecule has 0 heterocycles. The van der Waals surface area contributed by atoms with Crippen LogP contribution in [-0.2, 0) is 4.74 Å². The summed E-state index contributed by atoms with van der Waals surface area (Å²) in [4.78, 5) is 0. The zero-order valence-electron chi connectivity index (χ0n) is 9.83. The van der Waals surface area contributed by atoms with Crippen LogP contribution in [0.2, 0.25) is 0 Å². The van der Waals surface area contributed by atoms with Crippen molar-refractivity contribution >= 4 is 0 Å². The van der Waals surface area contributed by atoms with Gasteiger partial charge in [0.2, 0.25) is 0 Å². The Balaban J connectivity index is 2.39. The van der Waals surface area contributed by atoms with E-state index in [1.165, 1.54) is 25.7 Å². The number of hydrogen-bond acceptors (Lipinski definition) is 3. The van der Waals surface area contributed by atoms with E-state index in [9.17, 15) is 0 Å². The summed E-state index contributed by atoms with van der Waals surface area (Å²) in [7, 11) is 0. The van der Waals surface area contributed by atoms with Crippen molar-refractivity contribution in [1.82, 2.24) is 0 Å². The summed E-state index contributed by atoms with van der Waals surface area (Å²) >= 11 is 0. The van der Waals surface area contributed by atoms with Crippen molar-refractivity contribution in [3.63, 3.8) is 0 Å². The first kappa shape index (κ1) is 12.5. The third-order valence-electron chi connectivity index (χ3n) is 3.22. The van der Waals surface area contributed by atoms with Gasteiger partial charge in [-0.25, -0.2) is 0 Å². The number of nitrogens with zero attached hydrogens (tertiary/aromatic N) is 1. The molecule has 1 aliphatic carbocycles. The highest BCUT2D eigenvalue weighted by Gasteiger charge is 2.27. The lowest BCUT2D eigenvalue weighted by molar-refractivity contribution is -0.0239. The Labute approximate surface area is 92.6 Å². The molecule has 0 saturated heterocycles. The predicted octanol–water partition coefficient (Wildman–Crippen LogP) is 2.21. The summed E-state index contributed by atoms with van der Waals surface area (Å²) in [5, 5.41) is 8.79. The van der Waals surface area contributed by atoms with Crippen molar-refractivity contribution in [1.29, 1.82) is 5.26 Å². The second kappa shape index (κ2) is 5.48. The largest absolute Gasteiger partial charge is 0.375 e. The highest BCUT2D eigenvalue weighted by atomic mass is 16.5. The Morgan fingerprint density at radius 1 is 1.47 bits per heavy atom. The highest BCUT2D eigenvalue weighted by molar-refractivity contribution is 5.01. The van der Waals surface area contributed by atoms with Crippen LogP contribution in [0.1, 0.15) is 46.0 Å². The average molecular weight is 210 g/mol. The average Bonchev–Trinajstić information content (AvgIpc) is 2.27. The van der Waals surface area contributed by atoms with E-state index in [0.717, 1.165) is 6.42 Å². The lowest BCUT2D eigenvalue weighted by Crippen LogP contribution is -2.42. The first-order chi connectivity index (χ1) is 7.09. The van der Waals surface area contributed by atoms with Crippen LogP contribution in [0, 0.1) is 17.2 Å². The van der Waals surface area contributed by atoms with Gasteiger partial charge in [-0.05, 0) is 25.7 Å². The molecule has 1 rings (SSSR count). The maximum Gasteiger partial charge on any atom is 0.125 e. The maximum atomic E-state index is 8.79. The standard InChI is InChI=1S/C12H22N2O/c1-3-10-6-4-5-7-11(10)15-9-12(2,14)8-13/h10-11H,3-7,9,14H2,1-2H3. The molecule has 0 bridgehead atoms. The molecule has 1 aliphatic rings. The van der Waals surface area contributed by atoms with E-state index in [1.807, 2.05) is 0 Å². The van der Waals surface area contributed by atoms with E-state index in [-0.39, 0.29) is 0 Å². The molecule has 3 atom stereocenters. The zero-order chi connectivity index (χ0) is 11.3. The minimum atomic E-state index is -0.838. The van der Waals surface area contributed by atoms with Gasteiger partial charge in [-0.1, -0.05) is 26.2 Å². The first-order valence-electron chi connectivity index (χ1n) is 5.91. The second-order valence-electron chi connectivity index (χ2n) is 4.83. The Kier molecular flexibility index (Phi) is 4.56. The summed E-state index contributed by atoms with van der Waals surface area (Å²) in [5.74, 6) is 0.660. The van der Waals surface area contributed by atoms with Crippen molar-refractivity contribution in [2.24, 2.45) is 11.7 Å². The van der Waals surface area contributed by atoms with E-state index in [4.69, 9.17) is 15.7 Å². The number of rotatable bonds is 4. The van der Waals surface area contributed by atoms with Gasteiger partial charge < -0.3 is 10.5 Å². The summed E-state index contributed by atoms with van der Waals surface area (Å²) < 4.78 is 5.79. The third kappa shape index (κ3) is 3.81. The van der Waals surface area contributed by atoms with E-state index < -0.39 is 5.54 Å². The fourth-order valence-corrected chi connectivity index (χ4v) is 2.17. The number of nitrogens with two attached hydrogens (primary N) is 1. The summed E-state index contributed by atoms with van der Waals surface area (Å²) in [6, 6.07) is 2.07. The van der Waals surface area contributed by atoms with Gasteiger partial charge >= 0.3 is 0 Å². The fourth-order valence-electron chi connectivity index (χ4n) is 2.17. The molecule has 2 N–H and O–H groups in total. The molecule has 1 fully saturated rings. The molecule has 3 heteroatoms. The normalized spacial score (nSPS) is 30.5. The number of ether oxygens (including phenoxy) is 1. The van der Waals surface area contributed by atoms with Crippen molar-refractivity contribution < 1.29 is 4.74 Å². The fraction of sp³-hybridized carbons (Fsp3) is 0.917. The zero-order valence-corrected chi connectivity index (χ0v) is 9.83. The van der Waals surface area contributed by atoms with Gasteiger partial charge in [-0.3, -0.25) is 0 Å². The van der Waals surface area contributed by atoms with Crippen LogP contribution in [0.4, 0.5) is 0 Å². The Hall–Kier alpha value is -0.590. The van der Waals surface area contributed by atoms with E-state index >= 15 is 0 Å². The molecule has 0 aliphatic heterocycles. The van der Waals surface area contributed by atoms with Crippen molar-refractivity contribution in [2.75, 3.05) is 6.61 Å². The maximum absolute atomic E-state index is 8.79. The summed E-state index contributed by atoms with van der Waals surface area (Å²) in [6.45, 7) is 4.28. The molecule has 15 heavy (non-hydrogen) atoms. The van der Waals surface area contributed by atoms with Crippen LogP contribution in [0.5, 0.6) is 0 Å². The van der Waals surface area contributed by atoms with Crippen LogP contribution >= 0.6 is 0 Å². The molecular weight excluding hydrogens is 188 g/mol. The number of nitriles is 1. The van der Waals surface area contributed by atoms with Gasteiger partial charge in [0, 0.05) is 0 Å². The molecule has 0 amide bonds. The van der Waals surface area contributed by atoms with Gasteiger partial charge in [0.15, 0.2) is 0 Å². The smallest absolute Gasteiger partial charge is 0.125 e. The van der Waals surface area contributed by atoms with Crippen molar-refractivity contribution in [3.05, 3.63) is 0 Å². The van der Waals surface area contributed by atoms with Crippen LogP contribution < -0.4 is 5.73 Å². The molecule has 1 saturated carbocycles. The predicted molar refractivity (Wildman–Crippen MR) is 60.2 cm³/mol. The molecule has 0 radical (unpaired) electrons. The quantitative estimate of drug-likeness (QED) is 0.774. The molecule has 0 aromatic carbocycles. The Bertz CT molecular complexity index is 232. The molecule has 3 nitrogen and oxygen atoms in total. The lowest BCUT2D eigenvalue weighted by atomic mass is 9.84. The van der Waals surface area contributed by atoms with Crippen molar-refractivity contribution in [2.45, 2.75) is 57.6 Å². The van der Waals surface area contributed by atoms with Gasteiger partial charge in [-0.15, -0.1) is 0 Å². The highest BCUT2D eigenvalue weighted by Crippen LogP contribution is 2.29. The Morgan fingerprint density at radius 3 is 2.73 bits per heavy atom. The van der Waals surface area contributed by atoms with E-state index in [0.29, 0.717) is 18.6 Å². The van der Waals surface area contributed by atoms with Gasteiger partial charge in [0.05, 0.1) is 18.8 Å². The first-order valence-corrected chi connectivity index (χ1v) is 5.91. The molecule has 0 aromatic rings. The van der Waals surface area contributed by atoms with Gasteiger partial charge in [0.25, 0.3) is 0 Å². The van der Waals surface area contributed by atoms with E-state index in [2.05, 4.69) is 13.0 Å². The molecule has 3 unspecified atom stereocenters. The summed E-state index contributed by atoms with van der Waals surface area (Å²) in [5.41, 5.74) is 4.90. The minimum absolute atomic E-state index is 0.319.